The molecule has 0 saturated heterocycles. The van der Waals surface area contributed by atoms with Gasteiger partial charge < -0.3 is 9.80 Å². The predicted molar refractivity (Wildman–Crippen MR) is 194 cm³/mol. The van der Waals surface area contributed by atoms with Crippen molar-refractivity contribution in [3.8, 4) is 11.1 Å². The summed E-state index contributed by atoms with van der Waals surface area (Å²) in [5.41, 5.74) is 21.6. The smallest absolute Gasteiger partial charge is 0.252 e. The van der Waals surface area contributed by atoms with E-state index in [2.05, 4.69) is 167 Å². The molecule has 45 heavy (non-hydrogen) atoms. The van der Waals surface area contributed by atoms with Crippen molar-refractivity contribution >= 4 is 57.2 Å². The molecular formula is C42H37BN2. The Morgan fingerprint density at radius 2 is 0.844 bits per heavy atom. The maximum Gasteiger partial charge on any atom is 0.252 e. The molecule has 2 nitrogen and oxygen atoms in total. The summed E-state index contributed by atoms with van der Waals surface area (Å²) in [5.74, 6) is 0. The summed E-state index contributed by atoms with van der Waals surface area (Å²) < 4.78 is 0. The van der Waals surface area contributed by atoms with Crippen molar-refractivity contribution in [1.29, 1.82) is 0 Å². The van der Waals surface area contributed by atoms with Crippen molar-refractivity contribution < 1.29 is 0 Å². The number of nitrogens with zero attached hydrogens (tertiary/aromatic N) is 2. The van der Waals surface area contributed by atoms with Crippen LogP contribution in [0.1, 0.15) is 33.4 Å². The molecule has 2 heterocycles. The fraction of sp³-hybridized carbons (Fsp3) is 0.143. The lowest BCUT2D eigenvalue weighted by Gasteiger charge is -2.45. The lowest BCUT2D eigenvalue weighted by Crippen LogP contribution is -2.61. The van der Waals surface area contributed by atoms with Crippen LogP contribution in [0.25, 0.3) is 11.1 Å². The lowest BCUT2D eigenvalue weighted by molar-refractivity contribution is 1.23. The maximum absolute atomic E-state index is 2.54. The quantitative estimate of drug-likeness (QED) is 0.192. The SMILES string of the molecule is Cc1ccc(-c2cc(C)ccc2N2c3ccc(C)cc3B3c4cc(C)ccc4N(c4ccc(C)cc4)c4cc(C)cc2c43)cc1. The molecule has 0 atom stereocenters. The van der Waals surface area contributed by atoms with Gasteiger partial charge in [0.25, 0.3) is 6.71 Å². The van der Waals surface area contributed by atoms with Crippen molar-refractivity contribution in [2.45, 2.75) is 41.5 Å². The van der Waals surface area contributed by atoms with E-state index in [9.17, 15) is 0 Å². The Hall–Kier alpha value is -5.02. The van der Waals surface area contributed by atoms with Crippen LogP contribution in [-0.4, -0.2) is 6.71 Å². The van der Waals surface area contributed by atoms with E-state index in [0.717, 1.165) is 0 Å². The van der Waals surface area contributed by atoms with Crippen LogP contribution in [0.2, 0.25) is 0 Å². The first kappa shape index (κ1) is 27.5. The fourth-order valence-electron chi connectivity index (χ4n) is 7.42. The summed E-state index contributed by atoms with van der Waals surface area (Å²) in [6.45, 7) is 13.3. The van der Waals surface area contributed by atoms with E-state index >= 15 is 0 Å². The van der Waals surface area contributed by atoms with E-state index in [1.807, 2.05) is 0 Å². The minimum atomic E-state index is 0.131. The standard InChI is InChI=1S/C42H37BN2/c1-26-7-14-32(15-8-26)34-21-28(3)11-18-37(34)45-39-20-13-30(5)23-36(39)43-35-22-29(4)12-19-38(35)44(33-16-9-27(2)10-17-33)40-24-31(6)25-41(45)42(40)43/h7-25H,1-6H3. The average molecular weight is 581 g/mol. The third kappa shape index (κ3) is 4.41. The summed E-state index contributed by atoms with van der Waals surface area (Å²) in [7, 11) is 0. The number of benzene rings is 6. The number of hydrogen-bond donors (Lipinski definition) is 0. The predicted octanol–water partition coefficient (Wildman–Crippen LogP) is 9.29. The van der Waals surface area contributed by atoms with Crippen LogP contribution in [-0.2, 0) is 0 Å². The number of anilines is 6. The van der Waals surface area contributed by atoms with Gasteiger partial charge in [0.2, 0.25) is 0 Å². The molecule has 0 bridgehead atoms. The van der Waals surface area contributed by atoms with Crippen LogP contribution >= 0.6 is 0 Å². The van der Waals surface area contributed by atoms with Crippen molar-refractivity contribution in [3.63, 3.8) is 0 Å². The minimum absolute atomic E-state index is 0.131. The molecule has 0 saturated carbocycles. The second kappa shape index (κ2) is 10.3. The molecule has 6 aromatic rings. The van der Waals surface area contributed by atoms with E-state index in [0.29, 0.717) is 0 Å². The van der Waals surface area contributed by atoms with Crippen LogP contribution in [0.5, 0.6) is 0 Å². The van der Waals surface area contributed by atoms with E-state index in [4.69, 9.17) is 0 Å². The Kier molecular flexibility index (Phi) is 6.29. The second-order valence-corrected chi connectivity index (χ2v) is 13.2. The Balaban J connectivity index is 1.47. The van der Waals surface area contributed by atoms with Gasteiger partial charge in [-0.05, 0) is 118 Å². The van der Waals surface area contributed by atoms with Gasteiger partial charge in [0.1, 0.15) is 0 Å². The highest BCUT2D eigenvalue weighted by Crippen LogP contribution is 2.47. The van der Waals surface area contributed by atoms with Crippen LogP contribution in [0, 0.1) is 41.5 Å². The summed E-state index contributed by atoms with van der Waals surface area (Å²) >= 11 is 0. The number of hydrogen-bond acceptors (Lipinski definition) is 2. The Labute approximate surface area is 267 Å². The Morgan fingerprint density at radius 3 is 1.44 bits per heavy atom. The summed E-state index contributed by atoms with van der Waals surface area (Å²) in [5, 5.41) is 0. The molecule has 8 rings (SSSR count). The third-order valence-electron chi connectivity index (χ3n) is 9.57. The zero-order chi connectivity index (χ0) is 31.0. The molecule has 2 aliphatic rings. The molecule has 218 valence electrons. The first-order valence-electron chi connectivity index (χ1n) is 16.0. The molecule has 0 amide bonds. The van der Waals surface area contributed by atoms with Gasteiger partial charge in [0.05, 0.1) is 5.69 Å². The van der Waals surface area contributed by atoms with E-state index in [1.54, 1.807) is 0 Å². The van der Waals surface area contributed by atoms with Crippen molar-refractivity contribution in [2.24, 2.45) is 0 Å². The molecule has 6 aromatic carbocycles. The monoisotopic (exact) mass is 580 g/mol. The van der Waals surface area contributed by atoms with Gasteiger partial charge in [-0.3, -0.25) is 0 Å². The van der Waals surface area contributed by atoms with Gasteiger partial charge in [0, 0.05) is 34.0 Å². The van der Waals surface area contributed by atoms with Gasteiger partial charge >= 0.3 is 0 Å². The van der Waals surface area contributed by atoms with E-state index in [-0.39, 0.29) is 6.71 Å². The Bertz CT molecular complexity index is 2130. The zero-order valence-corrected chi connectivity index (χ0v) is 26.9. The van der Waals surface area contributed by atoms with Gasteiger partial charge in [0.15, 0.2) is 0 Å². The van der Waals surface area contributed by atoms with Gasteiger partial charge in [-0.1, -0.05) is 94.5 Å². The summed E-state index contributed by atoms with van der Waals surface area (Å²) in [6, 6.07) is 43.7. The molecular weight excluding hydrogens is 543 g/mol. The Morgan fingerprint density at radius 1 is 0.378 bits per heavy atom. The van der Waals surface area contributed by atoms with Crippen molar-refractivity contribution in [1.82, 2.24) is 0 Å². The van der Waals surface area contributed by atoms with E-state index < -0.39 is 0 Å². The number of fused-ring (bicyclic) bond motifs is 4. The first-order chi connectivity index (χ1) is 21.8. The van der Waals surface area contributed by atoms with Crippen LogP contribution in [0.3, 0.4) is 0 Å². The second-order valence-electron chi connectivity index (χ2n) is 13.2. The van der Waals surface area contributed by atoms with Crippen LogP contribution in [0.4, 0.5) is 34.1 Å². The molecule has 0 radical (unpaired) electrons. The molecule has 0 fully saturated rings. The molecule has 0 spiro atoms. The zero-order valence-electron chi connectivity index (χ0n) is 26.9. The fourth-order valence-corrected chi connectivity index (χ4v) is 7.42. The molecule has 2 aliphatic heterocycles. The van der Waals surface area contributed by atoms with Gasteiger partial charge in [-0.2, -0.15) is 0 Å². The molecule has 0 unspecified atom stereocenters. The minimum Gasteiger partial charge on any atom is -0.311 e. The molecule has 3 heteroatoms. The number of rotatable bonds is 3. The van der Waals surface area contributed by atoms with Crippen molar-refractivity contribution in [3.05, 3.63) is 149 Å². The normalized spacial score (nSPS) is 13.0. The maximum atomic E-state index is 2.54. The average Bonchev–Trinajstić information content (AvgIpc) is 3.02. The highest BCUT2D eigenvalue weighted by atomic mass is 15.2. The van der Waals surface area contributed by atoms with Gasteiger partial charge in [-0.15, -0.1) is 0 Å². The topological polar surface area (TPSA) is 6.48 Å². The molecule has 0 aromatic heterocycles. The lowest BCUT2D eigenvalue weighted by atomic mass is 9.33. The van der Waals surface area contributed by atoms with Crippen LogP contribution in [0.15, 0.2) is 115 Å². The summed E-state index contributed by atoms with van der Waals surface area (Å²) in [4.78, 5) is 5.03. The first-order valence-corrected chi connectivity index (χ1v) is 16.0. The van der Waals surface area contributed by atoms with Crippen LogP contribution < -0.4 is 26.2 Å². The van der Waals surface area contributed by atoms with Gasteiger partial charge in [-0.25, -0.2) is 0 Å². The highest BCUT2D eigenvalue weighted by molar-refractivity contribution is 7.00. The highest BCUT2D eigenvalue weighted by Gasteiger charge is 2.43. The third-order valence-corrected chi connectivity index (χ3v) is 9.57. The summed E-state index contributed by atoms with van der Waals surface area (Å²) in [6.07, 6.45) is 0. The largest absolute Gasteiger partial charge is 0.311 e. The number of aryl methyl sites for hydroxylation is 6. The van der Waals surface area contributed by atoms with E-state index in [1.165, 1.54) is 95.0 Å². The van der Waals surface area contributed by atoms with Crippen molar-refractivity contribution in [2.75, 3.05) is 9.80 Å². The molecule has 0 aliphatic carbocycles. The molecule has 0 N–H and O–H groups in total.